The molecule has 2 aromatic heterocycles. The molecule has 19 heavy (non-hydrogen) atoms. The summed E-state index contributed by atoms with van der Waals surface area (Å²) in [6, 6.07) is 1.74. The van der Waals surface area contributed by atoms with Crippen molar-refractivity contribution < 1.29 is 4.79 Å². The van der Waals surface area contributed by atoms with Crippen LogP contribution in [0, 0.1) is 12.8 Å². The molecule has 2 aromatic rings. The first-order chi connectivity index (χ1) is 9.09. The van der Waals surface area contributed by atoms with Crippen LogP contribution in [0.15, 0.2) is 30.0 Å². The molecule has 3 rings (SSSR count). The maximum atomic E-state index is 11.8. The van der Waals surface area contributed by atoms with E-state index in [-0.39, 0.29) is 6.04 Å². The smallest absolute Gasteiger partial charge is 0.229 e. The van der Waals surface area contributed by atoms with Gasteiger partial charge in [0.05, 0.1) is 0 Å². The summed E-state index contributed by atoms with van der Waals surface area (Å²) in [7, 11) is 0. The highest BCUT2D eigenvalue weighted by atomic mass is 32.1. The molecule has 0 spiro atoms. The van der Waals surface area contributed by atoms with Gasteiger partial charge in [-0.1, -0.05) is 6.58 Å². The van der Waals surface area contributed by atoms with Crippen LogP contribution in [0.4, 0.5) is 5.95 Å². The molecule has 2 unspecified atom stereocenters. The standard InChI is InChI=1S/C12H13N5OS/c1-6-3-4-19-10(6)9-8(11(13)18)7(2)16-12-14-5-15-17(9)12/h3-5,8-9H,2H2,1H3,(H2,13,18)(H,14,15,16). The molecule has 1 amide bonds. The zero-order chi connectivity index (χ0) is 13.6. The van der Waals surface area contributed by atoms with Gasteiger partial charge in [-0.25, -0.2) is 4.68 Å². The molecule has 0 saturated carbocycles. The second-order valence-corrected chi connectivity index (χ2v) is 5.42. The summed E-state index contributed by atoms with van der Waals surface area (Å²) in [5.74, 6) is -0.372. The van der Waals surface area contributed by atoms with Gasteiger partial charge in [0.15, 0.2) is 0 Å². The second-order valence-electron chi connectivity index (χ2n) is 4.47. The number of nitrogens with one attached hydrogen (secondary N) is 1. The number of anilines is 1. The number of amides is 1. The van der Waals surface area contributed by atoms with Gasteiger partial charge in [-0.2, -0.15) is 10.1 Å². The second kappa shape index (κ2) is 4.20. The van der Waals surface area contributed by atoms with Crippen LogP contribution in [-0.2, 0) is 4.79 Å². The van der Waals surface area contributed by atoms with E-state index >= 15 is 0 Å². The van der Waals surface area contributed by atoms with Crippen LogP contribution < -0.4 is 11.1 Å². The van der Waals surface area contributed by atoms with E-state index in [0.29, 0.717) is 11.6 Å². The number of aromatic nitrogens is 3. The summed E-state index contributed by atoms with van der Waals surface area (Å²) < 4.78 is 1.70. The lowest BCUT2D eigenvalue weighted by molar-refractivity contribution is -0.121. The first-order valence-corrected chi connectivity index (χ1v) is 6.66. The van der Waals surface area contributed by atoms with Crippen LogP contribution in [0.1, 0.15) is 16.5 Å². The largest absolute Gasteiger partial charge is 0.369 e. The Morgan fingerprint density at radius 1 is 1.63 bits per heavy atom. The SMILES string of the molecule is C=C1Nc2ncnn2C(c2sccc2C)C1C(N)=O. The van der Waals surface area contributed by atoms with Gasteiger partial charge >= 0.3 is 0 Å². The maximum Gasteiger partial charge on any atom is 0.229 e. The Bertz CT molecular complexity index is 659. The minimum Gasteiger partial charge on any atom is -0.369 e. The zero-order valence-electron chi connectivity index (χ0n) is 10.3. The number of hydrogen-bond acceptors (Lipinski definition) is 5. The average molecular weight is 275 g/mol. The minimum absolute atomic E-state index is 0.274. The van der Waals surface area contributed by atoms with Gasteiger partial charge in [-0.15, -0.1) is 11.3 Å². The summed E-state index contributed by atoms with van der Waals surface area (Å²) in [5.41, 5.74) is 7.20. The molecule has 3 heterocycles. The van der Waals surface area contributed by atoms with Crippen molar-refractivity contribution in [2.45, 2.75) is 13.0 Å². The molecule has 2 atom stereocenters. The third-order valence-electron chi connectivity index (χ3n) is 3.28. The fourth-order valence-electron chi connectivity index (χ4n) is 2.37. The number of rotatable bonds is 2. The number of thiophene rings is 1. The third kappa shape index (κ3) is 1.74. The number of carbonyl (C=O) groups is 1. The summed E-state index contributed by atoms with van der Waals surface area (Å²) in [4.78, 5) is 17.0. The van der Waals surface area contributed by atoms with Crippen molar-refractivity contribution in [2.24, 2.45) is 11.7 Å². The van der Waals surface area contributed by atoms with Crippen molar-refractivity contribution in [3.05, 3.63) is 40.5 Å². The molecule has 3 N–H and O–H groups in total. The van der Waals surface area contributed by atoms with Crippen molar-refractivity contribution in [2.75, 3.05) is 5.32 Å². The van der Waals surface area contributed by atoms with Crippen LogP contribution >= 0.6 is 11.3 Å². The predicted molar refractivity (Wildman–Crippen MR) is 72.7 cm³/mol. The molecular formula is C12H13N5OS. The molecule has 98 valence electrons. The Kier molecular flexibility index (Phi) is 2.63. The maximum absolute atomic E-state index is 11.8. The van der Waals surface area contributed by atoms with Crippen molar-refractivity contribution in [1.29, 1.82) is 0 Å². The minimum atomic E-state index is -0.536. The van der Waals surface area contributed by atoms with Crippen LogP contribution in [0.3, 0.4) is 0 Å². The highest BCUT2D eigenvalue weighted by molar-refractivity contribution is 7.10. The van der Waals surface area contributed by atoms with Crippen molar-refractivity contribution in [3.8, 4) is 0 Å². The molecule has 6 nitrogen and oxygen atoms in total. The van der Waals surface area contributed by atoms with Crippen LogP contribution in [0.25, 0.3) is 0 Å². The molecule has 0 bridgehead atoms. The highest BCUT2D eigenvalue weighted by Gasteiger charge is 2.39. The van der Waals surface area contributed by atoms with E-state index in [1.54, 1.807) is 16.0 Å². The van der Waals surface area contributed by atoms with E-state index < -0.39 is 11.8 Å². The summed E-state index contributed by atoms with van der Waals surface area (Å²) in [6.45, 7) is 5.90. The Balaban J connectivity index is 2.20. The van der Waals surface area contributed by atoms with Gasteiger partial charge in [0.1, 0.15) is 18.3 Å². The highest BCUT2D eigenvalue weighted by Crippen LogP contribution is 2.40. The molecule has 1 aliphatic rings. The number of nitrogens with two attached hydrogens (primary N) is 1. The molecule has 0 aromatic carbocycles. The summed E-state index contributed by atoms with van der Waals surface area (Å²) in [6.07, 6.45) is 1.45. The van der Waals surface area contributed by atoms with Gasteiger partial charge in [0, 0.05) is 10.6 Å². The monoisotopic (exact) mass is 275 g/mol. The lowest BCUT2D eigenvalue weighted by Crippen LogP contribution is -2.39. The topological polar surface area (TPSA) is 85.8 Å². The van der Waals surface area contributed by atoms with Gasteiger partial charge < -0.3 is 11.1 Å². The van der Waals surface area contributed by atoms with E-state index in [1.165, 1.54) is 6.33 Å². The fourth-order valence-corrected chi connectivity index (χ4v) is 3.42. The van der Waals surface area contributed by atoms with Gasteiger partial charge in [-0.3, -0.25) is 4.79 Å². The lowest BCUT2D eigenvalue weighted by atomic mass is 9.92. The molecule has 0 saturated heterocycles. The number of carbonyl (C=O) groups excluding carboxylic acids is 1. The Morgan fingerprint density at radius 2 is 2.42 bits per heavy atom. The number of aryl methyl sites for hydroxylation is 1. The summed E-state index contributed by atoms with van der Waals surface area (Å²) >= 11 is 1.58. The van der Waals surface area contributed by atoms with Crippen molar-refractivity contribution in [3.63, 3.8) is 0 Å². The van der Waals surface area contributed by atoms with E-state index in [0.717, 1.165) is 10.4 Å². The van der Waals surface area contributed by atoms with Crippen LogP contribution in [0.5, 0.6) is 0 Å². The molecule has 0 aliphatic carbocycles. The molecular weight excluding hydrogens is 262 g/mol. The average Bonchev–Trinajstić information content (AvgIpc) is 2.95. The number of nitrogens with zero attached hydrogens (tertiary/aromatic N) is 3. The molecule has 0 radical (unpaired) electrons. The van der Waals surface area contributed by atoms with Gasteiger partial charge in [0.25, 0.3) is 0 Å². The lowest BCUT2D eigenvalue weighted by Gasteiger charge is -2.32. The summed E-state index contributed by atoms with van der Waals surface area (Å²) in [5, 5.41) is 9.17. The number of hydrogen-bond donors (Lipinski definition) is 2. The number of primary amides is 1. The Hall–Kier alpha value is -2.15. The third-order valence-corrected chi connectivity index (χ3v) is 4.37. The molecule has 7 heteroatoms. The van der Waals surface area contributed by atoms with E-state index in [2.05, 4.69) is 22.0 Å². The first-order valence-electron chi connectivity index (χ1n) is 5.78. The van der Waals surface area contributed by atoms with E-state index in [9.17, 15) is 4.79 Å². The van der Waals surface area contributed by atoms with E-state index in [4.69, 9.17) is 5.73 Å². The quantitative estimate of drug-likeness (QED) is 0.864. The van der Waals surface area contributed by atoms with Crippen molar-refractivity contribution >= 4 is 23.2 Å². The Labute approximate surface area is 114 Å². The first kappa shape index (κ1) is 11.9. The van der Waals surface area contributed by atoms with E-state index in [1.807, 2.05) is 18.4 Å². The number of fused-ring (bicyclic) bond motifs is 1. The Morgan fingerprint density at radius 3 is 3.05 bits per heavy atom. The molecule has 1 aliphatic heterocycles. The fraction of sp³-hybridized carbons (Fsp3) is 0.250. The molecule has 0 fully saturated rings. The predicted octanol–water partition coefficient (Wildman–Crippen LogP) is 1.28. The van der Waals surface area contributed by atoms with Gasteiger partial charge in [-0.05, 0) is 23.9 Å². The van der Waals surface area contributed by atoms with Crippen LogP contribution in [-0.4, -0.2) is 20.7 Å². The normalized spacial score (nSPS) is 21.8. The van der Waals surface area contributed by atoms with Gasteiger partial charge in [0.2, 0.25) is 11.9 Å². The zero-order valence-corrected chi connectivity index (χ0v) is 11.1. The van der Waals surface area contributed by atoms with Crippen LogP contribution in [0.2, 0.25) is 0 Å². The van der Waals surface area contributed by atoms with Crippen molar-refractivity contribution in [1.82, 2.24) is 14.8 Å².